The predicted octanol–water partition coefficient (Wildman–Crippen LogP) is 1.51. The Balaban J connectivity index is 3.80. The first-order valence-electron chi connectivity index (χ1n) is 3.94. The Morgan fingerprint density at radius 3 is 2.45 bits per heavy atom. The van der Waals surface area contributed by atoms with Gasteiger partial charge in [-0.15, -0.1) is 0 Å². The van der Waals surface area contributed by atoms with Gasteiger partial charge >= 0.3 is 0 Å². The highest BCUT2D eigenvalue weighted by Gasteiger charge is 2.17. The van der Waals surface area contributed by atoms with Crippen LogP contribution in [0.25, 0.3) is 0 Å². The Bertz CT molecular complexity index is 127. The molecule has 0 bridgehead atoms. The van der Waals surface area contributed by atoms with E-state index in [1.807, 2.05) is 20.1 Å². The summed E-state index contributed by atoms with van der Waals surface area (Å²) in [6, 6.07) is 0. The molecule has 0 radical (unpaired) electrons. The van der Waals surface area contributed by atoms with E-state index in [4.69, 9.17) is 0 Å². The Kier molecular flexibility index (Phi) is 5.38. The topological polar surface area (TPSA) is 29.1 Å². The van der Waals surface area contributed by atoms with Gasteiger partial charge in [-0.2, -0.15) is 11.8 Å². The third kappa shape index (κ3) is 3.65. The molecule has 1 N–H and O–H groups in total. The first-order chi connectivity index (χ1) is 5.13. The lowest BCUT2D eigenvalue weighted by Gasteiger charge is -2.16. The predicted molar refractivity (Wildman–Crippen MR) is 50.8 cm³/mol. The van der Waals surface area contributed by atoms with Gasteiger partial charge in [0.15, 0.2) is 0 Å². The van der Waals surface area contributed by atoms with Gasteiger partial charge < -0.3 is 5.32 Å². The first-order valence-corrected chi connectivity index (χ1v) is 5.22. The van der Waals surface area contributed by atoms with Crippen LogP contribution in [0.15, 0.2) is 0 Å². The summed E-state index contributed by atoms with van der Waals surface area (Å²) in [6.45, 7) is 6.70. The van der Waals surface area contributed by atoms with Gasteiger partial charge in [0.2, 0.25) is 5.91 Å². The minimum atomic E-state index is 0.116. The Morgan fingerprint density at radius 2 is 2.09 bits per heavy atom. The van der Waals surface area contributed by atoms with E-state index in [0.29, 0.717) is 5.25 Å². The number of thioether (sulfide) groups is 1. The molecule has 2 unspecified atom stereocenters. The monoisotopic (exact) mass is 175 g/mol. The van der Waals surface area contributed by atoms with Crippen LogP contribution in [-0.4, -0.2) is 24.0 Å². The molecule has 0 aromatic rings. The third-order valence-electron chi connectivity index (χ3n) is 1.84. The van der Waals surface area contributed by atoms with Crippen molar-refractivity contribution >= 4 is 17.7 Å². The lowest BCUT2D eigenvalue weighted by Crippen LogP contribution is -2.33. The van der Waals surface area contributed by atoms with Crippen molar-refractivity contribution in [2.75, 3.05) is 12.8 Å². The molecule has 0 saturated carbocycles. The standard InChI is InChI=1S/C8H17NOS/c1-5-9-8(10)6(2)7(3)11-4/h6-7H,5H2,1-4H3,(H,9,10). The lowest BCUT2D eigenvalue weighted by atomic mass is 10.1. The van der Waals surface area contributed by atoms with Gasteiger partial charge in [0, 0.05) is 17.7 Å². The minimum absolute atomic E-state index is 0.116. The molecule has 0 aliphatic rings. The molecule has 66 valence electrons. The second-order valence-corrected chi connectivity index (χ2v) is 3.84. The van der Waals surface area contributed by atoms with Gasteiger partial charge in [-0.1, -0.05) is 13.8 Å². The van der Waals surface area contributed by atoms with Crippen molar-refractivity contribution in [3.8, 4) is 0 Å². The zero-order valence-corrected chi connectivity index (χ0v) is 8.49. The second-order valence-electron chi connectivity index (χ2n) is 2.62. The molecule has 1 amide bonds. The average Bonchev–Trinajstić information content (AvgIpc) is 2.02. The maximum absolute atomic E-state index is 11.2. The molecule has 0 aliphatic carbocycles. The zero-order chi connectivity index (χ0) is 8.85. The summed E-state index contributed by atoms with van der Waals surface area (Å²) in [5.41, 5.74) is 0. The molecule has 2 nitrogen and oxygen atoms in total. The molecule has 0 spiro atoms. The van der Waals surface area contributed by atoms with Gasteiger partial charge in [0.05, 0.1) is 0 Å². The van der Waals surface area contributed by atoms with E-state index >= 15 is 0 Å². The highest BCUT2D eigenvalue weighted by atomic mass is 32.2. The van der Waals surface area contributed by atoms with Crippen molar-refractivity contribution in [1.29, 1.82) is 0 Å². The molecule has 0 aromatic carbocycles. The van der Waals surface area contributed by atoms with Crippen LogP contribution in [0.5, 0.6) is 0 Å². The smallest absolute Gasteiger partial charge is 0.223 e. The van der Waals surface area contributed by atoms with Crippen molar-refractivity contribution in [2.45, 2.75) is 26.0 Å². The van der Waals surface area contributed by atoms with Gasteiger partial charge in [-0.25, -0.2) is 0 Å². The molecular formula is C8H17NOS. The largest absolute Gasteiger partial charge is 0.356 e. The third-order valence-corrected chi connectivity index (χ3v) is 2.99. The van der Waals surface area contributed by atoms with Crippen molar-refractivity contribution < 1.29 is 4.79 Å². The van der Waals surface area contributed by atoms with Crippen LogP contribution >= 0.6 is 11.8 Å². The lowest BCUT2D eigenvalue weighted by molar-refractivity contribution is -0.124. The van der Waals surface area contributed by atoms with Crippen molar-refractivity contribution in [3.05, 3.63) is 0 Å². The molecular weight excluding hydrogens is 158 g/mol. The molecule has 0 heterocycles. The minimum Gasteiger partial charge on any atom is -0.356 e. The van der Waals surface area contributed by atoms with E-state index in [0.717, 1.165) is 6.54 Å². The quantitative estimate of drug-likeness (QED) is 0.701. The van der Waals surface area contributed by atoms with Crippen LogP contribution in [-0.2, 0) is 4.79 Å². The van der Waals surface area contributed by atoms with Gasteiger partial charge in [0.1, 0.15) is 0 Å². The molecule has 0 fully saturated rings. The molecule has 3 heteroatoms. The van der Waals surface area contributed by atoms with E-state index in [1.165, 1.54) is 0 Å². The summed E-state index contributed by atoms with van der Waals surface area (Å²) in [5.74, 6) is 0.277. The number of carbonyl (C=O) groups is 1. The fourth-order valence-electron chi connectivity index (χ4n) is 0.753. The van der Waals surface area contributed by atoms with Gasteiger partial charge in [-0.3, -0.25) is 4.79 Å². The molecule has 0 rings (SSSR count). The van der Waals surface area contributed by atoms with Crippen LogP contribution in [0.1, 0.15) is 20.8 Å². The van der Waals surface area contributed by atoms with Crippen molar-refractivity contribution in [1.82, 2.24) is 5.32 Å². The van der Waals surface area contributed by atoms with Crippen LogP contribution in [0, 0.1) is 5.92 Å². The number of hydrogen-bond donors (Lipinski definition) is 1. The Morgan fingerprint density at radius 1 is 1.55 bits per heavy atom. The Labute approximate surface area is 73.1 Å². The fourth-order valence-corrected chi connectivity index (χ4v) is 1.28. The number of hydrogen-bond acceptors (Lipinski definition) is 2. The van der Waals surface area contributed by atoms with E-state index in [9.17, 15) is 4.79 Å². The van der Waals surface area contributed by atoms with Gasteiger partial charge in [0.25, 0.3) is 0 Å². The molecule has 0 aliphatic heterocycles. The van der Waals surface area contributed by atoms with Crippen LogP contribution in [0.3, 0.4) is 0 Å². The summed E-state index contributed by atoms with van der Waals surface area (Å²) in [4.78, 5) is 11.2. The number of carbonyl (C=O) groups excluding carboxylic acids is 1. The van der Waals surface area contributed by atoms with Gasteiger partial charge in [-0.05, 0) is 13.2 Å². The maximum atomic E-state index is 11.2. The summed E-state index contributed by atoms with van der Waals surface area (Å²) in [6.07, 6.45) is 2.03. The summed E-state index contributed by atoms with van der Waals surface area (Å²) in [7, 11) is 0. The van der Waals surface area contributed by atoms with E-state index in [1.54, 1.807) is 11.8 Å². The first kappa shape index (κ1) is 10.8. The molecule has 0 aromatic heterocycles. The molecule has 11 heavy (non-hydrogen) atoms. The van der Waals surface area contributed by atoms with E-state index in [-0.39, 0.29) is 11.8 Å². The summed E-state index contributed by atoms with van der Waals surface area (Å²) in [5, 5.41) is 3.21. The Hall–Kier alpha value is -0.180. The highest BCUT2D eigenvalue weighted by Crippen LogP contribution is 2.15. The van der Waals surface area contributed by atoms with Crippen LogP contribution in [0.4, 0.5) is 0 Å². The summed E-state index contributed by atoms with van der Waals surface area (Å²) < 4.78 is 0. The average molecular weight is 175 g/mol. The van der Waals surface area contributed by atoms with Crippen molar-refractivity contribution in [3.63, 3.8) is 0 Å². The van der Waals surface area contributed by atoms with Crippen LogP contribution < -0.4 is 5.32 Å². The number of amides is 1. The normalized spacial score (nSPS) is 15.6. The van der Waals surface area contributed by atoms with Crippen LogP contribution in [0.2, 0.25) is 0 Å². The SMILES string of the molecule is CCNC(=O)C(C)C(C)SC. The molecule has 0 saturated heterocycles. The second kappa shape index (κ2) is 5.47. The molecule has 2 atom stereocenters. The maximum Gasteiger partial charge on any atom is 0.223 e. The van der Waals surface area contributed by atoms with Crippen molar-refractivity contribution in [2.24, 2.45) is 5.92 Å². The zero-order valence-electron chi connectivity index (χ0n) is 7.68. The van der Waals surface area contributed by atoms with E-state index in [2.05, 4.69) is 12.2 Å². The highest BCUT2D eigenvalue weighted by molar-refractivity contribution is 7.99. The number of nitrogens with one attached hydrogen (secondary N) is 1. The summed E-state index contributed by atoms with van der Waals surface area (Å²) >= 11 is 1.73. The fraction of sp³-hybridized carbons (Fsp3) is 0.875. The van der Waals surface area contributed by atoms with E-state index < -0.39 is 0 Å². The number of rotatable bonds is 4.